The number of esters is 1. The molecule has 3 aliphatic rings. The van der Waals surface area contributed by atoms with Crippen LogP contribution in [0.5, 0.6) is 0 Å². The number of aliphatic hydroxyl groups excluding tert-OH is 2. The highest BCUT2D eigenvalue weighted by Gasteiger charge is 2.60. The zero-order valence-corrected chi connectivity index (χ0v) is 11.8. The van der Waals surface area contributed by atoms with Crippen molar-refractivity contribution in [2.24, 2.45) is 0 Å². The zero-order valence-electron chi connectivity index (χ0n) is 11.8. The first kappa shape index (κ1) is 13.8. The Kier molecular flexibility index (Phi) is 3.23. The lowest BCUT2D eigenvalue weighted by Crippen LogP contribution is -2.30. The molecule has 3 rings (SSSR count). The van der Waals surface area contributed by atoms with E-state index < -0.39 is 24.8 Å². The van der Waals surface area contributed by atoms with Gasteiger partial charge in [-0.15, -0.1) is 0 Å². The minimum absolute atomic E-state index is 0.189. The van der Waals surface area contributed by atoms with Gasteiger partial charge >= 0.3 is 5.97 Å². The van der Waals surface area contributed by atoms with Crippen molar-refractivity contribution in [2.45, 2.75) is 57.0 Å². The van der Waals surface area contributed by atoms with E-state index in [1.165, 1.54) is 0 Å². The number of fused-ring (bicyclic) bond motifs is 3. The first-order valence-corrected chi connectivity index (χ1v) is 7.02. The van der Waals surface area contributed by atoms with Crippen LogP contribution in [-0.2, 0) is 14.3 Å². The molecule has 4 atom stereocenters. The van der Waals surface area contributed by atoms with Crippen molar-refractivity contribution in [3.8, 4) is 0 Å². The fraction of sp³-hybridized carbons (Fsp3) is 0.667. The fourth-order valence-electron chi connectivity index (χ4n) is 3.25. The zero-order chi connectivity index (χ0) is 14.5. The Balaban J connectivity index is 2.00. The van der Waals surface area contributed by atoms with Crippen molar-refractivity contribution < 1.29 is 24.5 Å². The molecule has 0 spiro atoms. The number of aliphatic hydroxyl groups is 2. The third-order valence-corrected chi connectivity index (χ3v) is 4.52. The van der Waals surface area contributed by atoms with Gasteiger partial charge in [-0.05, 0) is 33.1 Å². The summed E-state index contributed by atoms with van der Waals surface area (Å²) in [5, 5.41) is 19.8. The summed E-state index contributed by atoms with van der Waals surface area (Å²) in [6.45, 7) is 3.55. The first-order valence-electron chi connectivity index (χ1n) is 7.02. The summed E-state index contributed by atoms with van der Waals surface area (Å²) < 4.78 is 11.1. The maximum atomic E-state index is 11.8. The summed E-state index contributed by atoms with van der Waals surface area (Å²) in [4.78, 5) is 11.8. The Morgan fingerprint density at radius 2 is 2.25 bits per heavy atom. The Morgan fingerprint density at radius 3 is 2.95 bits per heavy atom. The number of hydrogen-bond donors (Lipinski definition) is 2. The second kappa shape index (κ2) is 4.69. The highest BCUT2D eigenvalue weighted by Crippen LogP contribution is 2.48. The van der Waals surface area contributed by atoms with Gasteiger partial charge in [0.1, 0.15) is 6.10 Å². The van der Waals surface area contributed by atoms with Crippen molar-refractivity contribution >= 4 is 5.97 Å². The molecule has 0 radical (unpaired) electrons. The van der Waals surface area contributed by atoms with Crippen LogP contribution in [-0.4, -0.2) is 46.7 Å². The maximum absolute atomic E-state index is 11.8. The average Bonchev–Trinajstić information content (AvgIpc) is 2.92. The van der Waals surface area contributed by atoms with Crippen LogP contribution in [0.15, 0.2) is 22.8 Å². The quantitative estimate of drug-likeness (QED) is 0.423. The van der Waals surface area contributed by atoms with Crippen molar-refractivity contribution in [3.05, 3.63) is 22.8 Å². The van der Waals surface area contributed by atoms with E-state index in [1.54, 1.807) is 0 Å². The summed E-state index contributed by atoms with van der Waals surface area (Å²) in [6, 6.07) is 0. The van der Waals surface area contributed by atoms with Gasteiger partial charge in [-0.3, -0.25) is 0 Å². The van der Waals surface area contributed by atoms with E-state index in [0.29, 0.717) is 12.0 Å². The van der Waals surface area contributed by atoms with Crippen molar-refractivity contribution in [1.82, 2.24) is 0 Å². The van der Waals surface area contributed by atoms with Gasteiger partial charge in [0.15, 0.2) is 6.10 Å². The molecule has 0 saturated carbocycles. The molecule has 2 heterocycles. The number of ether oxygens (including phenoxy) is 2. The predicted octanol–water partition coefficient (Wildman–Crippen LogP) is 0.849. The monoisotopic (exact) mass is 280 g/mol. The molecule has 0 aromatic rings. The molecule has 1 saturated heterocycles. The molecular formula is C15H20O5. The molecule has 2 N–H and O–H groups in total. The summed E-state index contributed by atoms with van der Waals surface area (Å²) in [5.74, 6) is -0.537. The Hall–Kier alpha value is -1.17. The molecule has 0 aromatic heterocycles. The number of allylic oxidation sites excluding steroid dienone is 1. The van der Waals surface area contributed by atoms with E-state index in [-0.39, 0.29) is 17.3 Å². The standard InChI is InChI=1S/C15H20O5/c1-8-4-3-5-15(2)13(20-15)12-11(10(17)6-8)9(7-16)14(18)19-12/h4,10,12-13,16-17H,3,5-7H2,1-2H3/b8-4+/t10-,12-,13-,15-/m0/s1. The van der Waals surface area contributed by atoms with Crippen LogP contribution in [0.1, 0.15) is 33.1 Å². The van der Waals surface area contributed by atoms with E-state index in [1.807, 2.05) is 13.8 Å². The molecule has 0 aromatic carbocycles. The van der Waals surface area contributed by atoms with E-state index in [4.69, 9.17) is 9.47 Å². The normalized spacial score (nSPS) is 43.3. The summed E-state index contributed by atoms with van der Waals surface area (Å²) >= 11 is 0. The number of epoxide rings is 1. The van der Waals surface area contributed by atoms with E-state index in [9.17, 15) is 15.0 Å². The van der Waals surface area contributed by atoms with Gasteiger partial charge < -0.3 is 19.7 Å². The molecule has 1 fully saturated rings. The second-order valence-corrected chi connectivity index (χ2v) is 6.08. The van der Waals surface area contributed by atoms with Crippen LogP contribution in [0.25, 0.3) is 0 Å². The summed E-state index contributed by atoms with van der Waals surface area (Å²) in [7, 11) is 0. The Morgan fingerprint density at radius 1 is 1.50 bits per heavy atom. The SMILES string of the molecule is C/C1=C\CC[C@]2(C)O[C@H]2[C@H]2OC(=O)C(CO)=C2[C@@H](O)C1. The van der Waals surface area contributed by atoms with Crippen LogP contribution in [0.2, 0.25) is 0 Å². The van der Waals surface area contributed by atoms with Gasteiger partial charge in [0.2, 0.25) is 0 Å². The highest BCUT2D eigenvalue weighted by molar-refractivity contribution is 5.93. The molecule has 1 aliphatic carbocycles. The largest absolute Gasteiger partial charge is 0.451 e. The second-order valence-electron chi connectivity index (χ2n) is 6.08. The number of carbonyl (C=O) groups excluding carboxylic acids is 1. The molecule has 0 unspecified atom stereocenters. The van der Waals surface area contributed by atoms with Crippen LogP contribution < -0.4 is 0 Å². The molecule has 0 amide bonds. The van der Waals surface area contributed by atoms with Gasteiger partial charge in [0.25, 0.3) is 0 Å². The van der Waals surface area contributed by atoms with E-state index >= 15 is 0 Å². The van der Waals surface area contributed by atoms with Gasteiger partial charge in [-0.1, -0.05) is 11.6 Å². The van der Waals surface area contributed by atoms with Gasteiger partial charge in [0, 0.05) is 5.57 Å². The maximum Gasteiger partial charge on any atom is 0.337 e. The van der Waals surface area contributed by atoms with Crippen LogP contribution in [0.3, 0.4) is 0 Å². The van der Waals surface area contributed by atoms with Gasteiger partial charge in [-0.25, -0.2) is 4.79 Å². The van der Waals surface area contributed by atoms with E-state index in [0.717, 1.165) is 18.4 Å². The first-order chi connectivity index (χ1) is 9.46. The van der Waals surface area contributed by atoms with Gasteiger partial charge in [-0.2, -0.15) is 0 Å². The Labute approximate surface area is 117 Å². The van der Waals surface area contributed by atoms with Crippen molar-refractivity contribution in [1.29, 1.82) is 0 Å². The molecular weight excluding hydrogens is 260 g/mol. The average molecular weight is 280 g/mol. The smallest absolute Gasteiger partial charge is 0.337 e. The predicted molar refractivity (Wildman–Crippen MR) is 70.9 cm³/mol. The number of rotatable bonds is 1. The van der Waals surface area contributed by atoms with E-state index in [2.05, 4.69) is 6.08 Å². The molecule has 20 heavy (non-hydrogen) atoms. The number of carbonyl (C=O) groups is 1. The lowest BCUT2D eigenvalue weighted by molar-refractivity contribution is -0.141. The number of hydrogen-bond acceptors (Lipinski definition) is 5. The van der Waals surface area contributed by atoms with Crippen molar-refractivity contribution in [3.63, 3.8) is 0 Å². The third-order valence-electron chi connectivity index (χ3n) is 4.52. The lowest BCUT2D eigenvalue weighted by atomic mass is 9.87. The molecule has 110 valence electrons. The molecule has 0 bridgehead atoms. The molecule has 5 nitrogen and oxygen atoms in total. The van der Waals surface area contributed by atoms with Crippen LogP contribution >= 0.6 is 0 Å². The van der Waals surface area contributed by atoms with Gasteiger partial charge in [0.05, 0.1) is 23.9 Å². The summed E-state index contributed by atoms with van der Waals surface area (Å²) in [6.07, 6.45) is 2.72. The highest BCUT2D eigenvalue weighted by atomic mass is 16.6. The minimum atomic E-state index is -0.809. The lowest BCUT2D eigenvalue weighted by Gasteiger charge is -2.20. The minimum Gasteiger partial charge on any atom is -0.451 e. The topological polar surface area (TPSA) is 79.3 Å². The Bertz CT molecular complexity index is 506. The summed E-state index contributed by atoms with van der Waals surface area (Å²) in [5.41, 5.74) is 1.45. The van der Waals surface area contributed by atoms with Crippen molar-refractivity contribution in [2.75, 3.05) is 6.61 Å². The molecule has 2 aliphatic heterocycles. The van der Waals surface area contributed by atoms with Crippen LogP contribution in [0.4, 0.5) is 0 Å². The van der Waals surface area contributed by atoms with Crippen LogP contribution in [0, 0.1) is 0 Å². The molecule has 5 heteroatoms. The fourth-order valence-corrected chi connectivity index (χ4v) is 3.25. The third kappa shape index (κ3) is 2.10.